The van der Waals surface area contributed by atoms with Gasteiger partial charge in [-0.1, -0.05) is 32.4 Å². The maximum atomic E-state index is 12.7. The number of unbranched alkanes of at least 4 members (excludes halogenated alkanes) is 1. The summed E-state index contributed by atoms with van der Waals surface area (Å²) in [4.78, 5) is 15.8. The van der Waals surface area contributed by atoms with Gasteiger partial charge in [0.1, 0.15) is 0 Å². The first-order valence-corrected chi connectivity index (χ1v) is 8.32. The van der Waals surface area contributed by atoms with Crippen molar-refractivity contribution < 1.29 is 4.79 Å². The van der Waals surface area contributed by atoms with Gasteiger partial charge in [-0.25, -0.2) is 0 Å². The molecule has 1 atom stereocenters. The van der Waals surface area contributed by atoms with Gasteiger partial charge in [0.2, 0.25) is 0 Å². The van der Waals surface area contributed by atoms with Crippen molar-refractivity contribution >= 4 is 17.7 Å². The van der Waals surface area contributed by atoms with Crippen LogP contribution in [0.4, 0.5) is 0 Å². The van der Waals surface area contributed by atoms with Crippen molar-refractivity contribution in [1.29, 1.82) is 0 Å². The monoisotopic (exact) mass is 279 g/mol. The van der Waals surface area contributed by atoms with E-state index in [2.05, 4.69) is 20.8 Å². The molecular formula is C16H25NOS. The van der Waals surface area contributed by atoms with Crippen LogP contribution < -0.4 is 0 Å². The average molecular weight is 279 g/mol. The maximum absolute atomic E-state index is 12.7. The van der Waals surface area contributed by atoms with E-state index < -0.39 is 0 Å². The van der Waals surface area contributed by atoms with Crippen LogP contribution in [0.25, 0.3) is 0 Å². The standard InChI is InChI=1S/C16H25NOS/c1-5-7-12-17(13(3)6-2)16(18)14-10-8-9-11-15(14)19-4/h8-11,13H,5-7,12H2,1-4H3. The molecule has 0 saturated carbocycles. The van der Waals surface area contributed by atoms with Crippen molar-refractivity contribution in [3.8, 4) is 0 Å². The van der Waals surface area contributed by atoms with E-state index in [1.165, 1.54) is 0 Å². The summed E-state index contributed by atoms with van der Waals surface area (Å²) in [7, 11) is 0. The summed E-state index contributed by atoms with van der Waals surface area (Å²) in [5.41, 5.74) is 0.839. The fourth-order valence-electron chi connectivity index (χ4n) is 2.05. The second kappa shape index (κ2) is 8.26. The fraction of sp³-hybridized carbons (Fsp3) is 0.562. The molecule has 106 valence electrons. The number of nitrogens with zero attached hydrogens (tertiary/aromatic N) is 1. The Labute approximate surface area is 121 Å². The van der Waals surface area contributed by atoms with E-state index in [9.17, 15) is 4.79 Å². The normalized spacial score (nSPS) is 12.2. The Hall–Kier alpha value is -0.960. The van der Waals surface area contributed by atoms with Gasteiger partial charge in [0.15, 0.2) is 0 Å². The molecule has 0 N–H and O–H groups in total. The second-order valence-corrected chi connectivity index (χ2v) is 5.66. The third-order valence-corrected chi connectivity index (χ3v) is 4.27. The molecule has 3 heteroatoms. The summed E-state index contributed by atoms with van der Waals surface area (Å²) in [6.07, 6.45) is 5.20. The van der Waals surface area contributed by atoms with E-state index in [1.54, 1.807) is 11.8 Å². The SMILES string of the molecule is CCCCN(C(=O)c1ccccc1SC)C(C)CC. The van der Waals surface area contributed by atoms with Crippen LogP contribution in [-0.2, 0) is 0 Å². The molecule has 1 aromatic rings. The van der Waals surface area contributed by atoms with Gasteiger partial charge in [-0.2, -0.15) is 0 Å². The highest BCUT2D eigenvalue weighted by molar-refractivity contribution is 7.98. The highest BCUT2D eigenvalue weighted by Crippen LogP contribution is 2.22. The van der Waals surface area contributed by atoms with Gasteiger partial charge in [0.25, 0.3) is 5.91 Å². The maximum Gasteiger partial charge on any atom is 0.255 e. The molecule has 1 aromatic carbocycles. The summed E-state index contributed by atoms with van der Waals surface area (Å²) in [6, 6.07) is 8.19. The van der Waals surface area contributed by atoms with E-state index in [0.29, 0.717) is 6.04 Å². The van der Waals surface area contributed by atoms with Crippen LogP contribution in [0.15, 0.2) is 29.2 Å². The minimum atomic E-state index is 0.174. The van der Waals surface area contributed by atoms with Crippen molar-refractivity contribution in [3.63, 3.8) is 0 Å². The molecule has 1 amide bonds. The number of hydrogen-bond donors (Lipinski definition) is 0. The molecule has 0 aliphatic rings. The third kappa shape index (κ3) is 4.27. The van der Waals surface area contributed by atoms with Gasteiger partial charge >= 0.3 is 0 Å². The molecule has 0 radical (unpaired) electrons. The summed E-state index contributed by atoms with van der Waals surface area (Å²) in [5, 5.41) is 0. The molecule has 0 fully saturated rings. The Kier molecular flexibility index (Phi) is 7.00. The number of rotatable bonds is 7. The zero-order valence-corrected chi connectivity index (χ0v) is 13.3. The minimum Gasteiger partial charge on any atom is -0.336 e. The van der Waals surface area contributed by atoms with Gasteiger partial charge in [-0.05, 0) is 38.2 Å². The van der Waals surface area contributed by atoms with Gasteiger partial charge in [0.05, 0.1) is 5.56 Å². The molecule has 0 aliphatic heterocycles. The zero-order chi connectivity index (χ0) is 14.3. The van der Waals surface area contributed by atoms with Crippen molar-refractivity contribution in [3.05, 3.63) is 29.8 Å². The molecule has 1 rings (SSSR count). The number of carbonyl (C=O) groups is 1. The Bertz CT molecular complexity index is 405. The first-order chi connectivity index (χ1) is 9.15. The van der Waals surface area contributed by atoms with Crippen LogP contribution in [0.2, 0.25) is 0 Å². The Morgan fingerprint density at radius 1 is 1.32 bits per heavy atom. The minimum absolute atomic E-state index is 0.174. The van der Waals surface area contributed by atoms with Crippen molar-refractivity contribution in [2.75, 3.05) is 12.8 Å². The van der Waals surface area contributed by atoms with Gasteiger partial charge in [0, 0.05) is 17.5 Å². The Morgan fingerprint density at radius 3 is 2.58 bits per heavy atom. The first-order valence-electron chi connectivity index (χ1n) is 7.09. The quantitative estimate of drug-likeness (QED) is 0.687. The number of benzene rings is 1. The van der Waals surface area contributed by atoms with E-state index in [-0.39, 0.29) is 5.91 Å². The molecule has 0 aromatic heterocycles. The molecule has 0 bridgehead atoms. The lowest BCUT2D eigenvalue weighted by molar-refractivity contribution is 0.0681. The lowest BCUT2D eigenvalue weighted by Gasteiger charge is -2.29. The van der Waals surface area contributed by atoms with E-state index in [4.69, 9.17) is 0 Å². The van der Waals surface area contributed by atoms with Crippen LogP contribution in [-0.4, -0.2) is 29.6 Å². The fourth-order valence-corrected chi connectivity index (χ4v) is 2.64. The highest BCUT2D eigenvalue weighted by atomic mass is 32.2. The van der Waals surface area contributed by atoms with Crippen LogP contribution in [0, 0.1) is 0 Å². The molecule has 0 saturated heterocycles. The Morgan fingerprint density at radius 2 is 2.00 bits per heavy atom. The molecular weight excluding hydrogens is 254 g/mol. The highest BCUT2D eigenvalue weighted by Gasteiger charge is 2.21. The van der Waals surface area contributed by atoms with Crippen LogP contribution in [0.1, 0.15) is 50.4 Å². The number of amides is 1. The summed E-state index contributed by atoms with van der Waals surface area (Å²) < 4.78 is 0. The molecule has 19 heavy (non-hydrogen) atoms. The van der Waals surface area contributed by atoms with Crippen molar-refractivity contribution in [2.45, 2.75) is 51.0 Å². The second-order valence-electron chi connectivity index (χ2n) is 4.81. The topological polar surface area (TPSA) is 20.3 Å². The van der Waals surface area contributed by atoms with Gasteiger partial charge < -0.3 is 4.90 Å². The first kappa shape index (κ1) is 16.1. The molecule has 0 spiro atoms. The van der Waals surface area contributed by atoms with Gasteiger partial charge in [-0.15, -0.1) is 11.8 Å². The smallest absolute Gasteiger partial charge is 0.255 e. The Balaban J connectivity index is 2.97. The summed E-state index contributed by atoms with van der Waals surface area (Å²) in [6.45, 7) is 7.29. The predicted molar refractivity (Wildman–Crippen MR) is 83.9 cm³/mol. The van der Waals surface area contributed by atoms with Crippen molar-refractivity contribution in [2.24, 2.45) is 0 Å². The molecule has 1 unspecified atom stereocenters. The van der Waals surface area contributed by atoms with Gasteiger partial charge in [-0.3, -0.25) is 4.79 Å². The van der Waals surface area contributed by atoms with E-state index in [1.807, 2.05) is 35.4 Å². The van der Waals surface area contributed by atoms with Crippen LogP contribution >= 0.6 is 11.8 Å². The van der Waals surface area contributed by atoms with Crippen molar-refractivity contribution in [1.82, 2.24) is 4.90 Å². The number of carbonyl (C=O) groups excluding carboxylic acids is 1. The largest absolute Gasteiger partial charge is 0.336 e. The van der Waals surface area contributed by atoms with Crippen LogP contribution in [0.3, 0.4) is 0 Å². The van der Waals surface area contributed by atoms with Crippen LogP contribution in [0.5, 0.6) is 0 Å². The predicted octanol–water partition coefficient (Wildman–Crippen LogP) is 4.45. The molecule has 0 heterocycles. The number of thioether (sulfide) groups is 1. The third-order valence-electron chi connectivity index (χ3n) is 3.47. The summed E-state index contributed by atoms with van der Waals surface area (Å²) in [5.74, 6) is 0.174. The zero-order valence-electron chi connectivity index (χ0n) is 12.5. The lowest BCUT2D eigenvalue weighted by atomic mass is 10.1. The molecule has 0 aliphatic carbocycles. The average Bonchev–Trinajstić information content (AvgIpc) is 2.46. The lowest BCUT2D eigenvalue weighted by Crippen LogP contribution is -2.39. The summed E-state index contributed by atoms with van der Waals surface area (Å²) >= 11 is 1.64. The van der Waals surface area contributed by atoms with E-state index in [0.717, 1.165) is 36.3 Å². The molecule has 2 nitrogen and oxygen atoms in total. The number of hydrogen-bond acceptors (Lipinski definition) is 2. The van der Waals surface area contributed by atoms with E-state index >= 15 is 0 Å².